The Kier molecular flexibility index (Phi) is 9.88. The quantitative estimate of drug-likeness (QED) is 0.175. The molecule has 1 aliphatic heterocycles. The number of ketones is 1. The first kappa shape index (κ1) is 29.2. The number of methoxy groups -OCH3 is 1. The number of benzene rings is 2. The van der Waals surface area contributed by atoms with Gasteiger partial charge in [-0.25, -0.2) is 0 Å². The molecule has 8 heteroatoms. The molecule has 1 N–H and O–H groups in total. The van der Waals surface area contributed by atoms with Crippen molar-refractivity contribution in [3.05, 3.63) is 71.2 Å². The van der Waals surface area contributed by atoms with Crippen LogP contribution in [0, 0.1) is 0 Å². The Morgan fingerprint density at radius 2 is 1.80 bits per heavy atom. The normalized spacial score (nSPS) is 15.5. The highest BCUT2D eigenvalue weighted by Gasteiger charge is 2.44. The number of unbranched alkanes of at least 4 members (excludes halogenated alkanes) is 3. The molecule has 214 valence electrons. The molecule has 1 unspecified atom stereocenters. The smallest absolute Gasteiger partial charge is 0.290 e. The van der Waals surface area contributed by atoms with E-state index < -0.39 is 23.5 Å². The number of carbonyl (C=O) groups excluding carboxylic acids is 2. The standard InChI is InChI=1S/C32H40N2O6/c1-5-8-9-10-20-39-24-16-14-22(15-17-24)28-27(30(36)32(37)34(28)19-18-33(6-2)7-3)29(35)26-21-23-12-11-13-25(38-4)31(23)40-26/h11-17,21,28,36H,5-10,18-20H2,1-4H3. The van der Waals surface area contributed by atoms with Crippen LogP contribution in [0.15, 0.2) is 64.3 Å². The number of rotatable bonds is 15. The minimum atomic E-state index is -0.760. The fourth-order valence-electron chi connectivity index (χ4n) is 5.16. The van der Waals surface area contributed by atoms with Gasteiger partial charge in [0.05, 0.1) is 25.3 Å². The highest BCUT2D eigenvalue weighted by molar-refractivity contribution is 6.16. The predicted octanol–water partition coefficient (Wildman–Crippen LogP) is 6.32. The number of furan rings is 1. The maximum Gasteiger partial charge on any atom is 0.290 e. The topological polar surface area (TPSA) is 92.4 Å². The Bertz CT molecular complexity index is 1340. The number of amides is 1. The molecule has 1 aliphatic rings. The monoisotopic (exact) mass is 548 g/mol. The molecule has 0 spiro atoms. The van der Waals surface area contributed by atoms with E-state index >= 15 is 0 Å². The van der Waals surface area contributed by atoms with Gasteiger partial charge in [-0.2, -0.15) is 0 Å². The van der Waals surface area contributed by atoms with Gasteiger partial charge in [0.2, 0.25) is 5.78 Å². The lowest BCUT2D eigenvalue weighted by Gasteiger charge is -2.29. The maximum absolute atomic E-state index is 13.9. The third-order valence-corrected chi connectivity index (χ3v) is 7.51. The van der Waals surface area contributed by atoms with Crippen molar-refractivity contribution in [2.45, 2.75) is 52.5 Å². The minimum absolute atomic E-state index is 0.0100. The van der Waals surface area contributed by atoms with E-state index in [-0.39, 0.29) is 11.3 Å². The molecule has 1 atom stereocenters. The van der Waals surface area contributed by atoms with E-state index in [1.54, 1.807) is 17.0 Å². The summed E-state index contributed by atoms with van der Waals surface area (Å²) in [6, 6.07) is 13.7. The molecule has 8 nitrogen and oxygen atoms in total. The fourth-order valence-corrected chi connectivity index (χ4v) is 5.16. The number of hydrogen-bond acceptors (Lipinski definition) is 7. The zero-order valence-corrected chi connectivity index (χ0v) is 23.9. The SMILES string of the molecule is CCCCCCOc1ccc(C2C(C(=O)c3cc4cccc(OC)c4o3)=C(O)C(=O)N2CCN(CC)CC)cc1. The van der Waals surface area contributed by atoms with E-state index in [9.17, 15) is 14.7 Å². The first-order valence-electron chi connectivity index (χ1n) is 14.2. The van der Waals surface area contributed by atoms with Crippen LogP contribution < -0.4 is 9.47 Å². The van der Waals surface area contributed by atoms with Gasteiger partial charge >= 0.3 is 0 Å². The number of carbonyl (C=O) groups is 2. The van der Waals surface area contributed by atoms with E-state index in [1.165, 1.54) is 20.0 Å². The fraction of sp³-hybridized carbons (Fsp3) is 0.438. The van der Waals surface area contributed by atoms with Crippen LogP contribution in [0.3, 0.4) is 0 Å². The van der Waals surface area contributed by atoms with Gasteiger partial charge < -0.3 is 28.8 Å². The number of likely N-dealkylation sites (N-methyl/N-ethyl adjacent to an activating group) is 1. The van der Waals surface area contributed by atoms with E-state index in [1.807, 2.05) is 36.4 Å². The van der Waals surface area contributed by atoms with Crippen LogP contribution in [-0.4, -0.2) is 66.5 Å². The summed E-state index contributed by atoms with van der Waals surface area (Å²) in [5.41, 5.74) is 1.16. The van der Waals surface area contributed by atoms with Crippen LogP contribution in [0.4, 0.5) is 0 Å². The van der Waals surface area contributed by atoms with Crippen molar-refractivity contribution < 1.29 is 28.6 Å². The van der Waals surface area contributed by atoms with Gasteiger partial charge in [0, 0.05) is 18.5 Å². The van der Waals surface area contributed by atoms with E-state index in [0.717, 1.165) is 31.7 Å². The lowest BCUT2D eigenvalue weighted by molar-refractivity contribution is -0.129. The lowest BCUT2D eigenvalue weighted by Crippen LogP contribution is -2.38. The summed E-state index contributed by atoms with van der Waals surface area (Å²) in [6.45, 7) is 9.58. The Morgan fingerprint density at radius 1 is 1.05 bits per heavy atom. The summed E-state index contributed by atoms with van der Waals surface area (Å²) in [4.78, 5) is 31.0. The molecule has 1 aromatic heterocycles. The Morgan fingerprint density at radius 3 is 2.48 bits per heavy atom. The first-order valence-corrected chi connectivity index (χ1v) is 14.2. The second-order valence-corrected chi connectivity index (χ2v) is 9.99. The molecule has 0 radical (unpaired) electrons. The predicted molar refractivity (Wildman–Crippen MR) is 155 cm³/mol. The van der Waals surface area contributed by atoms with Crippen molar-refractivity contribution in [1.29, 1.82) is 0 Å². The van der Waals surface area contributed by atoms with Gasteiger partial charge in [-0.1, -0.05) is 64.3 Å². The number of ether oxygens (including phenoxy) is 2. The maximum atomic E-state index is 13.9. The molecular weight excluding hydrogens is 508 g/mol. The number of para-hydroxylation sites is 1. The summed E-state index contributed by atoms with van der Waals surface area (Å²) in [5.74, 6) is -0.375. The minimum Gasteiger partial charge on any atom is -0.503 e. The summed E-state index contributed by atoms with van der Waals surface area (Å²) in [5, 5.41) is 11.7. The summed E-state index contributed by atoms with van der Waals surface area (Å²) in [7, 11) is 1.53. The van der Waals surface area contributed by atoms with Gasteiger partial charge in [0.15, 0.2) is 22.9 Å². The molecule has 2 aromatic carbocycles. The van der Waals surface area contributed by atoms with Crippen molar-refractivity contribution in [2.24, 2.45) is 0 Å². The molecule has 0 saturated heterocycles. The molecule has 0 fully saturated rings. The van der Waals surface area contributed by atoms with E-state index in [2.05, 4.69) is 25.7 Å². The zero-order valence-electron chi connectivity index (χ0n) is 23.9. The molecule has 0 bridgehead atoms. The van der Waals surface area contributed by atoms with Crippen molar-refractivity contribution >= 4 is 22.7 Å². The highest BCUT2D eigenvalue weighted by atomic mass is 16.5. The number of nitrogens with zero attached hydrogens (tertiary/aromatic N) is 2. The van der Waals surface area contributed by atoms with Gasteiger partial charge in [0.1, 0.15) is 5.75 Å². The second kappa shape index (κ2) is 13.5. The van der Waals surface area contributed by atoms with Crippen molar-refractivity contribution in [3.8, 4) is 11.5 Å². The average Bonchev–Trinajstić information content (AvgIpc) is 3.52. The highest BCUT2D eigenvalue weighted by Crippen LogP contribution is 2.40. The molecule has 2 heterocycles. The Labute approximate surface area is 236 Å². The Balaban J connectivity index is 1.65. The number of fused-ring (bicyclic) bond motifs is 1. The van der Waals surface area contributed by atoms with Gasteiger partial charge in [0.25, 0.3) is 5.91 Å². The number of Topliss-reactive ketones (excluding diaryl/α,β-unsaturated/α-hetero) is 1. The van der Waals surface area contributed by atoms with Crippen molar-refractivity contribution in [2.75, 3.05) is 39.9 Å². The summed E-state index contributed by atoms with van der Waals surface area (Å²) >= 11 is 0. The van der Waals surface area contributed by atoms with Crippen LogP contribution >= 0.6 is 0 Å². The lowest BCUT2D eigenvalue weighted by atomic mass is 9.95. The van der Waals surface area contributed by atoms with Gasteiger partial charge in [-0.05, 0) is 49.3 Å². The molecule has 0 aliphatic carbocycles. The van der Waals surface area contributed by atoms with E-state index in [0.29, 0.717) is 42.0 Å². The zero-order chi connectivity index (χ0) is 28.6. The van der Waals surface area contributed by atoms with E-state index in [4.69, 9.17) is 13.9 Å². The number of hydrogen-bond donors (Lipinski definition) is 1. The number of aliphatic hydroxyl groups excluding tert-OH is 1. The first-order chi connectivity index (χ1) is 19.4. The van der Waals surface area contributed by atoms with Crippen LogP contribution in [0.25, 0.3) is 11.0 Å². The summed E-state index contributed by atoms with van der Waals surface area (Å²) < 4.78 is 17.2. The van der Waals surface area contributed by atoms with Crippen molar-refractivity contribution in [1.82, 2.24) is 9.80 Å². The third kappa shape index (κ3) is 6.17. The molecular formula is C32H40N2O6. The van der Waals surface area contributed by atoms with Crippen LogP contribution in [0.1, 0.15) is 68.6 Å². The molecule has 40 heavy (non-hydrogen) atoms. The molecule has 1 amide bonds. The van der Waals surface area contributed by atoms with Crippen molar-refractivity contribution in [3.63, 3.8) is 0 Å². The van der Waals surface area contributed by atoms with Gasteiger partial charge in [-0.3, -0.25) is 9.59 Å². The van der Waals surface area contributed by atoms with Crippen LogP contribution in [0.5, 0.6) is 11.5 Å². The molecule has 0 saturated carbocycles. The molecule has 4 rings (SSSR count). The number of aliphatic hydroxyl groups is 1. The van der Waals surface area contributed by atoms with Gasteiger partial charge in [-0.15, -0.1) is 0 Å². The third-order valence-electron chi connectivity index (χ3n) is 7.51. The largest absolute Gasteiger partial charge is 0.503 e. The second-order valence-electron chi connectivity index (χ2n) is 9.99. The summed E-state index contributed by atoms with van der Waals surface area (Å²) in [6.07, 6.45) is 4.47. The van der Waals surface area contributed by atoms with Crippen LogP contribution in [0.2, 0.25) is 0 Å². The molecule has 3 aromatic rings. The Hall–Kier alpha value is -3.78. The average molecular weight is 549 g/mol. The van der Waals surface area contributed by atoms with Crippen LogP contribution in [-0.2, 0) is 4.79 Å².